The van der Waals surface area contributed by atoms with Crippen LogP contribution in [0, 0.1) is 5.41 Å². The Hall–Kier alpha value is -2.28. The summed E-state index contributed by atoms with van der Waals surface area (Å²) in [6, 6.07) is 5.36. The maximum absolute atomic E-state index is 12.6. The molecule has 2 atom stereocenters. The summed E-state index contributed by atoms with van der Waals surface area (Å²) in [6.45, 7) is 6.89. The molecule has 1 amide bonds. The number of hydrogen-bond acceptors (Lipinski definition) is 6. The molecule has 144 valence electrons. The Labute approximate surface area is 167 Å². The van der Waals surface area contributed by atoms with E-state index in [4.69, 9.17) is 4.98 Å². The Kier molecular flexibility index (Phi) is 3.72. The summed E-state index contributed by atoms with van der Waals surface area (Å²) in [4.78, 5) is 28.9. The minimum Gasteiger partial charge on any atom is -0.326 e. The number of Topliss-reactive ketones (excluding diaryl/α,β-unsaturated/α-hetero) is 1. The van der Waals surface area contributed by atoms with E-state index in [-0.39, 0.29) is 28.3 Å². The summed E-state index contributed by atoms with van der Waals surface area (Å²) in [6.07, 6.45) is 2.60. The number of nitrogens with zero attached hydrogens (tertiary/aromatic N) is 3. The van der Waals surface area contributed by atoms with Crippen LogP contribution in [0.1, 0.15) is 66.8 Å². The summed E-state index contributed by atoms with van der Waals surface area (Å²) < 4.78 is 0. The zero-order valence-corrected chi connectivity index (χ0v) is 17.0. The van der Waals surface area contributed by atoms with Crippen LogP contribution in [0.2, 0.25) is 0 Å². The highest BCUT2D eigenvalue weighted by molar-refractivity contribution is 7.99. The maximum atomic E-state index is 12.6. The van der Waals surface area contributed by atoms with Crippen LogP contribution in [-0.4, -0.2) is 32.6 Å². The van der Waals surface area contributed by atoms with Gasteiger partial charge in [-0.25, -0.2) is 4.98 Å². The third-order valence-corrected chi connectivity index (χ3v) is 7.99. The first-order chi connectivity index (χ1) is 13.3. The minimum absolute atomic E-state index is 0.00399. The number of benzene rings is 1. The fourth-order valence-corrected chi connectivity index (χ4v) is 5.72. The Morgan fingerprint density at radius 3 is 2.93 bits per heavy atom. The molecule has 1 aromatic carbocycles. The second-order valence-electron chi connectivity index (χ2n) is 8.78. The van der Waals surface area contributed by atoms with Crippen molar-refractivity contribution in [1.29, 1.82) is 0 Å². The van der Waals surface area contributed by atoms with E-state index in [1.165, 1.54) is 11.8 Å². The molecule has 5 rings (SSSR count). The molecule has 2 aromatic rings. The summed E-state index contributed by atoms with van der Waals surface area (Å²) in [5.74, 6) is 0.655. The molecule has 7 heteroatoms. The van der Waals surface area contributed by atoms with Crippen molar-refractivity contribution in [1.82, 2.24) is 15.2 Å². The van der Waals surface area contributed by atoms with Crippen molar-refractivity contribution in [3.63, 3.8) is 0 Å². The smallest absolute Gasteiger partial charge is 0.228 e. The number of rotatable bonds is 4. The zero-order chi connectivity index (χ0) is 19.7. The molecule has 28 heavy (non-hydrogen) atoms. The number of anilines is 1. The van der Waals surface area contributed by atoms with Crippen molar-refractivity contribution < 1.29 is 9.59 Å². The molecule has 1 aliphatic heterocycles. The first kappa shape index (κ1) is 17.8. The first-order valence-corrected chi connectivity index (χ1v) is 10.6. The highest BCUT2D eigenvalue weighted by Crippen LogP contribution is 2.66. The van der Waals surface area contributed by atoms with Gasteiger partial charge in [-0.15, -0.1) is 5.10 Å². The molecular formula is C21H22N4O2S. The first-order valence-electron chi connectivity index (χ1n) is 9.63. The van der Waals surface area contributed by atoms with Crippen LogP contribution in [0.4, 0.5) is 5.69 Å². The largest absolute Gasteiger partial charge is 0.326 e. The molecule has 1 fully saturated rings. The van der Waals surface area contributed by atoms with Crippen LogP contribution in [0.5, 0.6) is 0 Å². The van der Waals surface area contributed by atoms with Crippen molar-refractivity contribution in [2.24, 2.45) is 5.41 Å². The second kappa shape index (κ2) is 5.86. The lowest BCUT2D eigenvalue weighted by molar-refractivity contribution is -0.115. The molecule has 0 saturated heterocycles. The molecule has 2 heterocycles. The second-order valence-corrected chi connectivity index (χ2v) is 9.72. The van der Waals surface area contributed by atoms with Gasteiger partial charge in [0.1, 0.15) is 0 Å². The van der Waals surface area contributed by atoms with E-state index in [1.807, 2.05) is 0 Å². The number of carbonyl (C=O) groups is 2. The van der Waals surface area contributed by atoms with Crippen molar-refractivity contribution in [3.05, 3.63) is 40.7 Å². The molecular weight excluding hydrogens is 372 g/mol. The Bertz CT molecular complexity index is 1040. The average molecular weight is 395 g/mol. The number of aromatic nitrogens is 3. The van der Waals surface area contributed by atoms with E-state index in [0.29, 0.717) is 23.1 Å². The predicted molar refractivity (Wildman–Crippen MR) is 107 cm³/mol. The van der Waals surface area contributed by atoms with Gasteiger partial charge in [0.2, 0.25) is 11.1 Å². The van der Waals surface area contributed by atoms with Crippen molar-refractivity contribution in [3.8, 4) is 0 Å². The average Bonchev–Trinajstić information content (AvgIpc) is 3.20. The van der Waals surface area contributed by atoms with E-state index < -0.39 is 0 Å². The lowest BCUT2D eigenvalue weighted by Gasteiger charge is -2.33. The predicted octanol–water partition coefficient (Wildman–Crippen LogP) is 3.52. The van der Waals surface area contributed by atoms with Gasteiger partial charge in [-0.2, -0.15) is 5.10 Å². The van der Waals surface area contributed by atoms with Gasteiger partial charge in [0.15, 0.2) is 5.78 Å². The van der Waals surface area contributed by atoms with Crippen molar-refractivity contribution in [2.75, 3.05) is 11.1 Å². The number of carbonyl (C=O) groups excluding carboxylic acids is 2. The molecule has 1 aromatic heterocycles. The molecule has 1 saturated carbocycles. The molecule has 1 N–H and O–H groups in total. The number of hydrogen-bond donors (Lipinski definition) is 1. The van der Waals surface area contributed by atoms with Crippen molar-refractivity contribution >= 4 is 29.1 Å². The van der Waals surface area contributed by atoms with Crippen LogP contribution >= 0.6 is 11.8 Å². The summed E-state index contributed by atoms with van der Waals surface area (Å²) in [5, 5.41) is 12.1. The van der Waals surface area contributed by atoms with E-state index >= 15 is 0 Å². The van der Waals surface area contributed by atoms with Gasteiger partial charge in [-0.05, 0) is 42.0 Å². The molecule has 0 radical (unpaired) electrons. The number of fused-ring (bicyclic) bond motifs is 6. The van der Waals surface area contributed by atoms with Crippen LogP contribution in [0.25, 0.3) is 0 Å². The summed E-state index contributed by atoms with van der Waals surface area (Å²) >= 11 is 1.33. The Morgan fingerprint density at radius 2 is 2.11 bits per heavy atom. The van der Waals surface area contributed by atoms with Gasteiger partial charge in [-0.3, -0.25) is 9.59 Å². The molecule has 6 nitrogen and oxygen atoms in total. The third kappa shape index (κ3) is 2.38. The molecule has 2 bridgehead atoms. The van der Waals surface area contributed by atoms with Crippen molar-refractivity contribution in [2.45, 2.75) is 56.5 Å². The van der Waals surface area contributed by atoms with Gasteiger partial charge in [0.25, 0.3) is 0 Å². The number of ketones is 1. The maximum Gasteiger partial charge on any atom is 0.228 e. The molecule has 2 unspecified atom stereocenters. The molecule has 3 aliphatic rings. The van der Waals surface area contributed by atoms with Crippen LogP contribution in [0.3, 0.4) is 0 Å². The summed E-state index contributed by atoms with van der Waals surface area (Å²) in [7, 11) is 0. The Morgan fingerprint density at radius 1 is 1.29 bits per heavy atom. The topological polar surface area (TPSA) is 84.8 Å². The number of thioether (sulfide) groups is 1. The van der Waals surface area contributed by atoms with E-state index in [9.17, 15) is 9.59 Å². The minimum atomic E-state index is -0.0303. The fourth-order valence-electron chi connectivity index (χ4n) is 5.04. The number of nitrogens with one attached hydrogen (secondary N) is 1. The van der Waals surface area contributed by atoms with E-state index in [2.05, 4.69) is 36.3 Å². The summed E-state index contributed by atoms with van der Waals surface area (Å²) in [5.41, 5.74) is 4.58. The third-order valence-electron chi connectivity index (χ3n) is 7.16. The lowest BCUT2D eigenvalue weighted by Crippen LogP contribution is -2.32. The number of amides is 1. The highest BCUT2D eigenvalue weighted by Gasteiger charge is 2.61. The highest BCUT2D eigenvalue weighted by atomic mass is 32.2. The van der Waals surface area contributed by atoms with Crippen LogP contribution in [-0.2, 0) is 16.6 Å². The van der Waals surface area contributed by atoms with Crippen LogP contribution in [0.15, 0.2) is 23.4 Å². The molecule has 0 spiro atoms. The zero-order valence-electron chi connectivity index (χ0n) is 16.2. The van der Waals surface area contributed by atoms with Gasteiger partial charge in [0, 0.05) is 22.6 Å². The van der Waals surface area contributed by atoms with Gasteiger partial charge >= 0.3 is 0 Å². The lowest BCUT2D eigenvalue weighted by atomic mass is 9.70. The monoisotopic (exact) mass is 394 g/mol. The molecule has 2 aliphatic carbocycles. The standard InChI is InChI=1S/C21H22N4O2S/c1-20(2)13-6-7-21(20,3)18-17(13)24-25-19(23-18)28-10-15(26)11-4-5-14-12(8-11)9-16(27)22-14/h4-5,8,13H,6-7,9-10H2,1-3H3,(H,22,27). The quantitative estimate of drug-likeness (QED) is 0.631. The SMILES string of the molecule is CC12CCC(c3nnc(SCC(=O)c4ccc5c(c4)CC(=O)N5)nc31)C2(C)C. The van der Waals surface area contributed by atoms with E-state index in [1.54, 1.807) is 18.2 Å². The fraction of sp³-hybridized carbons (Fsp3) is 0.476. The van der Waals surface area contributed by atoms with Gasteiger partial charge in [-0.1, -0.05) is 32.5 Å². The van der Waals surface area contributed by atoms with E-state index in [0.717, 1.165) is 35.5 Å². The normalized spacial score (nSPS) is 26.1. The van der Waals surface area contributed by atoms with Gasteiger partial charge < -0.3 is 5.32 Å². The Balaban J connectivity index is 1.33. The van der Waals surface area contributed by atoms with Gasteiger partial charge in [0.05, 0.1) is 23.6 Å². The van der Waals surface area contributed by atoms with Crippen LogP contribution < -0.4 is 5.32 Å².